The molecule has 0 fully saturated rings. The SMILES string of the molecule is COc1ccc(C)cc1CSc1cc(Br)ccc1N. The highest BCUT2D eigenvalue weighted by Crippen LogP contribution is 2.33. The van der Waals surface area contributed by atoms with Crippen LogP contribution in [0.3, 0.4) is 0 Å². The number of ether oxygens (including phenoxy) is 1. The fourth-order valence-electron chi connectivity index (χ4n) is 1.81. The number of anilines is 1. The average Bonchev–Trinajstić information content (AvgIpc) is 2.40. The third-order valence-corrected chi connectivity index (χ3v) is 4.41. The molecule has 0 saturated carbocycles. The predicted molar refractivity (Wildman–Crippen MR) is 85.8 cm³/mol. The lowest BCUT2D eigenvalue weighted by Gasteiger charge is -2.10. The van der Waals surface area contributed by atoms with E-state index in [0.29, 0.717) is 0 Å². The van der Waals surface area contributed by atoms with Crippen molar-refractivity contribution in [3.05, 3.63) is 52.0 Å². The molecule has 0 unspecified atom stereocenters. The van der Waals surface area contributed by atoms with E-state index < -0.39 is 0 Å². The van der Waals surface area contributed by atoms with Gasteiger partial charge in [0.25, 0.3) is 0 Å². The summed E-state index contributed by atoms with van der Waals surface area (Å²) in [5.41, 5.74) is 9.21. The average molecular weight is 338 g/mol. The molecular formula is C15H16BrNOS. The molecule has 4 heteroatoms. The number of nitrogen functional groups attached to an aromatic ring is 1. The summed E-state index contributed by atoms with van der Waals surface area (Å²) in [6, 6.07) is 12.1. The van der Waals surface area contributed by atoms with Crippen molar-refractivity contribution in [1.82, 2.24) is 0 Å². The third kappa shape index (κ3) is 3.67. The first-order valence-corrected chi connectivity index (χ1v) is 7.69. The number of methoxy groups -OCH3 is 1. The van der Waals surface area contributed by atoms with Crippen LogP contribution in [0.15, 0.2) is 45.8 Å². The zero-order valence-electron chi connectivity index (χ0n) is 10.9. The number of aryl methyl sites for hydroxylation is 1. The summed E-state index contributed by atoms with van der Waals surface area (Å²) in [7, 11) is 1.70. The molecule has 0 aromatic heterocycles. The van der Waals surface area contributed by atoms with Gasteiger partial charge in [-0.1, -0.05) is 33.6 Å². The van der Waals surface area contributed by atoms with Gasteiger partial charge in [-0.25, -0.2) is 0 Å². The van der Waals surface area contributed by atoms with Crippen LogP contribution in [0, 0.1) is 6.92 Å². The highest BCUT2D eigenvalue weighted by molar-refractivity contribution is 9.10. The molecule has 0 aliphatic heterocycles. The molecule has 0 aliphatic rings. The maximum absolute atomic E-state index is 5.98. The van der Waals surface area contributed by atoms with Crippen molar-refractivity contribution >= 4 is 33.4 Å². The second-order valence-electron chi connectivity index (χ2n) is 4.29. The van der Waals surface area contributed by atoms with E-state index in [4.69, 9.17) is 10.5 Å². The van der Waals surface area contributed by atoms with Crippen molar-refractivity contribution in [3.8, 4) is 5.75 Å². The number of hydrogen-bond acceptors (Lipinski definition) is 3. The molecule has 0 spiro atoms. The van der Waals surface area contributed by atoms with E-state index in [0.717, 1.165) is 26.6 Å². The lowest BCUT2D eigenvalue weighted by Crippen LogP contribution is -1.93. The van der Waals surface area contributed by atoms with Gasteiger partial charge in [-0.3, -0.25) is 0 Å². The summed E-state index contributed by atoms with van der Waals surface area (Å²) in [4.78, 5) is 1.08. The quantitative estimate of drug-likeness (QED) is 0.651. The molecule has 0 radical (unpaired) electrons. The monoisotopic (exact) mass is 337 g/mol. The van der Waals surface area contributed by atoms with E-state index in [1.54, 1.807) is 18.9 Å². The van der Waals surface area contributed by atoms with Gasteiger partial charge in [-0.15, -0.1) is 11.8 Å². The van der Waals surface area contributed by atoms with Crippen molar-refractivity contribution in [2.24, 2.45) is 0 Å². The summed E-state index contributed by atoms with van der Waals surface area (Å²) in [5, 5.41) is 0. The predicted octanol–water partition coefficient (Wildman–Crippen LogP) is 4.64. The van der Waals surface area contributed by atoms with E-state index >= 15 is 0 Å². The number of nitrogens with two attached hydrogens (primary N) is 1. The summed E-state index contributed by atoms with van der Waals surface area (Å²) in [5.74, 6) is 1.76. The van der Waals surface area contributed by atoms with Crippen LogP contribution in [-0.4, -0.2) is 7.11 Å². The van der Waals surface area contributed by atoms with Crippen LogP contribution in [0.5, 0.6) is 5.75 Å². The maximum Gasteiger partial charge on any atom is 0.122 e. The molecule has 0 bridgehead atoms. The van der Waals surface area contributed by atoms with Gasteiger partial charge in [-0.05, 0) is 31.2 Å². The van der Waals surface area contributed by atoms with Crippen LogP contribution in [0.25, 0.3) is 0 Å². The van der Waals surface area contributed by atoms with E-state index in [2.05, 4.69) is 35.0 Å². The molecule has 2 N–H and O–H groups in total. The number of halogens is 1. The second-order valence-corrected chi connectivity index (χ2v) is 6.22. The Bertz CT molecular complexity index is 586. The molecule has 0 amide bonds. The van der Waals surface area contributed by atoms with Crippen molar-refractivity contribution in [2.75, 3.05) is 12.8 Å². The zero-order chi connectivity index (χ0) is 13.8. The summed E-state index contributed by atoms with van der Waals surface area (Å²) < 4.78 is 6.43. The molecule has 100 valence electrons. The van der Waals surface area contributed by atoms with Gasteiger partial charge in [0.15, 0.2) is 0 Å². The van der Waals surface area contributed by atoms with Crippen LogP contribution < -0.4 is 10.5 Å². The van der Waals surface area contributed by atoms with E-state index in [-0.39, 0.29) is 0 Å². The van der Waals surface area contributed by atoms with E-state index in [9.17, 15) is 0 Å². The Morgan fingerprint density at radius 3 is 2.74 bits per heavy atom. The van der Waals surface area contributed by atoms with Crippen LogP contribution in [-0.2, 0) is 5.75 Å². The summed E-state index contributed by atoms with van der Waals surface area (Å²) in [6.45, 7) is 2.08. The van der Waals surface area contributed by atoms with Crippen LogP contribution in [0.4, 0.5) is 5.69 Å². The van der Waals surface area contributed by atoms with Gasteiger partial charge in [-0.2, -0.15) is 0 Å². The minimum absolute atomic E-state index is 0.805. The Morgan fingerprint density at radius 1 is 1.21 bits per heavy atom. The van der Waals surface area contributed by atoms with E-state index in [1.807, 2.05) is 24.3 Å². The lowest BCUT2D eigenvalue weighted by atomic mass is 10.1. The van der Waals surface area contributed by atoms with E-state index in [1.165, 1.54) is 11.1 Å². The van der Waals surface area contributed by atoms with Crippen molar-refractivity contribution in [1.29, 1.82) is 0 Å². The molecule has 0 atom stereocenters. The maximum atomic E-state index is 5.98. The third-order valence-electron chi connectivity index (χ3n) is 2.79. The highest BCUT2D eigenvalue weighted by Gasteiger charge is 2.06. The molecule has 19 heavy (non-hydrogen) atoms. The van der Waals surface area contributed by atoms with Crippen molar-refractivity contribution in [3.63, 3.8) is 0 Å². The van der Waals surface area contributed by atoms with Gasteiger partial charge in [0.1, 0.15) is 5.75 Å². The minimum Gasteiger partial charge on any atom is -0.496 e. The Hall–Kier alpha value is -1.13. The molecule has 0 aliphatic carbocycles. The Balaban J connectivity index is 2.18. The summed E-state index contributed by atoms with van der Waals surface area (Å²) >= 11 is 5.19. The van der Waals surface area contributed by atoms with Gasteiger partial charge in [0.2, 0.25) is 0 Å². The Labute approximate surface area is 126 Å². The standard InChI is InChI=1S/C15H16BrNOS/c1-10-3-6-14(18-2)11(7-10)9-19-15-8-12(16)4-5-13(15)17/h3-8H,9,17H2,1-2H3. The first-order valence-electron chi connectivity index (χ1n) is 5.91. The van der Waals surface area contributed by atoms with Crippen LogP contribution >= 0.6 is 27.7 Å². The Morgan fingerprint density at radius 2 is 2.00 bits per heavy atom. The molecule has 0 saturated heterocycles. The highest BCUT2D eigenvalue weighted by atomic mass is 79.9. The first-order chi connectivity index (χ1) is 9.10. The van der Waals surface area contributed by atoms with Crippen LogP contribution in [0.2, 0.25) is 0 Å². The van der Waals surface area contributed by atoms with Gasteiger partial charge in [0, 0.05) is 26.4 Å². The lowest BCUT2D eigenvalue weighted by molar-refractivity contribution is 0.411. The fourth-order valence-corrected chi connectivity index (χ4v) is 3.30. The van der Waals surface area contributed by atoms with Gasteiger partial charge in [0.05, 0.1) is 7.11 Å². The number of hydrogen-bond donors (Lipinski definition) is 1. The minimum atomic E-state index is 0.805. The topological polar surface area (TPSA) is 35.2 Å². The zero-order valence-corrected chi connectivity index (χ0v) is 13.3. The Kier molecular flexibility index (Phi) is 4.77. The molecule has 2 rings (SSSR count). The normalized spacial score (nSPS) is 10.5. The first kappa shape index (κ1) is 14.3. The smallest absolute Gasteiger partial charge is 0.122 e. The second kappa shape index (κ2) is 6.35. The van der Waals surface area contributed by atoms with Gasteiger partial charge >= 0.3 is 0 Å². The molecule has 0 heterocycles. The van der Waals surface area contributed by atoms with Crippen LogP contribution in [0.1, 0.15) is 11.1 Å². The molecule has 2 aromatic rings. The number of benzene rings is 2. The van der Waals surface area contributed by atoms with Gasteiger partial charge < -0.3 is 10.5 Å². The summed E-state index contributed by atoms with van der Waals surface area (Å²) in [6.07, 6.45) is 0. The number of thioether (sulfide) groups is 1. The molecule has 2 aromatic carbocycles. The fraction of sp³-hybridized carbons (Fsp3) is 0.200. The molecule has 2 nitrogen and oxygen atoms in total. The van der Waals surface area contributed by atoms with Crippen molar-refractivity contribution < 1.29 is 4.74 Å². The van der Waals surface area contributed by atoms with Crippen molar-refractivity contribution in [2.45, 2.75) is 17.6 Å². The number of rotatable bonds is 4. The largest absolute Gasteiger partial charge is 0.496 e. The molecular weight excluding hydrogens is 322 g/mol.